The van der Waals surface area contributed by atoms with E-state index in [1.54, 1.807) is 44.0 Å². The number of benzene rings is 2. The van der Waals surface area contributed by atoms with E-state index in [1.165, 1.54) is 31.6 Å². The lowest BCUT2D eigenvalue weighted by Gasteiger charge is -2.34. The van der Waals surface area contributed by atoms with Crippen molar-refractivity contribution < 1.29 is 21.6 Å². The first-order valence-electron chi connectivity index (χ1n) is 17.0. The number of nitrogens with zero attached hydrogens (tertiary/aromatic N) is 4. The number of aryl methyl sites for hydroxylation is 2. The van der Waals surface area contributed by atoms with Crippen LogP contribution in [-0.2, 0) is 50.6 Å². The quantitative estimate of drug-likeness (QED) is 0.131. The van der Waals surface area contributed by atoms with Gasteiger partial charge in [-0.3, -0.25) is 9.69 Å². The number of carbonyl (C=O) groups is 1. The first-order valence-corrected chi connectivity index (χ1v) is 23.3. The Balaban J connectivity index is 1.03. The fourth-order valence-corrected chi connectivity index (χ4v) is 13.4. The number of alkyl halides is 1. The fraction of sp³-hybridized carbons (Fsp3) is 0.361. The van der Waals surface area contributed by atoms with Crippen LogP contribution in [0.15, 0.2) is 80.5 Å². The molecule has 2 aliphatic heterocycles. The van der Waals surface area contributed by atoms with Gasteiger partial charge in [-0.1, -0.05) is 29.8 Å². The van der Waals surface area contributed by atoms with Crippen molar-refractivity contribution in [2.75, 3.05) is 58.2 Å². The van der Waals surface area contributed by atoms with E-state index < -0.39 is 20.0 Å². The van der Waals surface area contributed by atoms with E-state index in [0.717, 1.165) is 44.8 Å². The standard InChI is InChI=1S/C36H38Cl2N4O5S5/c37-23-35(43)40-13-17-42(18-14-40)52(46,47)36-9-7-31(50-36)24-39-11-15-41(16-12-39)51(44,45)33-3-1-2-28-21-27(4-5-30-6-8-34(38)49-30)29(22-32(28)33)20-26-10-19-48-25-26/h1-3,6-10,19,21-22,25H,4-5,11-18,20,23-24H2. The maximum Gasteiger partial charge on any atom is 0.252 e. The lowest BCUT2D eigenvalue weighted by atomic mass is 9.94. The molecule has 0 radical (unpaired) electrons. The second kappa shape index (κ2) is 16.2. The Morgan fingerprint density at radius 3 is 2.17 bits per heavy atom. The molecule has 3 aromatic heterocycles. The molecule has 5 heterocycles. The molecule has 0 unspecified atom stereocenters. The smallest absolute Gasteiger partial charge is 0.252 e. The number of carbonyl (C=O) groups excluding carboxylic acids is 1. The normalized spacial score (nSPS) is 16.9. The number of amides is 1. The van der Waals surface area contributed by atoms with Crippen molar-refractivity contribution in [1.29, 1.82) is 0 Å². The van der Waals surface area contributed by atoms with Gasteiger partial charge in [-0.15, -0.1) is 34.3 Å². The number of fused-ring (bicyclic) bond motifs is 1. The Kier molecular flexibility index (Phi) is 11.8. The third-order valence-corrected chi connectivity index (χ3v) is 17.3. The van der Waals surface area contributed by atoms with Gasteiger partial charge in [0.15, 0.2) is 0 Å². The van der Waals surface area contributed by atoms with E-state index in [2.05, 4.69) is 39.9 Å². The van der Waals surface area contributed by atoms with Crippen molar-refractivity contribution in [3.63, 3.8) is 0 Å². The van der Waals surface area contributed by atoms with Gasteiger partial charge in [0, 0.05) is 74.0 Å². The van der Waals surface area contributed by atoms with Crippen LogP contribution in [0.1, 0.15) is 26.4 Å². The minimum Gasteiger partial charge on any atom is -0.339 e. The van der Waals surface area contributed by atoms with Crippen molar-refractivity contribution in [2.45, 2.75) is 34.9 Å². The van der Waals surface area contributed by atoms with Gasteiger partial charge in [0.1, 0.15) is 10.1 Å². The Morgan fingerprint density at radius 2 is 1.48 bits per heavy atom. The minimum atomic E-state index is -3.79. The van der Waals surface area contributed by atoms with Crippen molar-refractivity contribution in [3.05, 3.63) is 102 Å². The molecule has 0 N–H and O–H groups in total. The summed E-state index contributed by atoms with van der Waals surface area (Å²) >= 11 is 16.3. The first-order chi connectivity index (χ1) is 25.0. The van der Waals surface area contributed by atoms with Crippen LogP contribution in [0.2, 0.25) is 4.34 Å². The third kappa shape index (κ3) is 8.31. The molecule has 1 amide bonds. The zero-order valence-corrected chi connectivity index (χ0v) is 33.8. The number of thiophene rings is 3. The number of hydrogen-bond acceptors (Lipinski definition) is 9. The van der Waals surface area contributed by atoms with Gasteiger partial charge in [-0.2, -0.15) is 19.9 Å². The maximum absolute atomic E-state index is 14.2. The molecule has 5 aromatic rings. The molecule has 2 aromatic carbocycles. The second-order valence-corrected chi connectivity index (χ2v) is 21.0. The molecule has 0 atom stereocenters. The predicted molar refractivity (Wildman–Crippen MR) is 212 cm³/mol. The van der Waals surface area contributed by atoms with Crippen molar-refractivity contribution in [1.82, 2.24) is 18.4 Å². The molecular formula is C36H38Cl2N4O5S5. The number of rotatable bonds is 12. The van der Waals surface area contributed by atoms with Crippen LogP contribution >= 0.6 is 57.2 Å². The van der Waals surface area contributed by atoms with Crippen molar-refractivity contribution in [3.8, 4) is 0 Å². The van der Waals surface area contributed by atoms with Crippen LogP contribution in [0.3, 0.4) is 0 Å². The number of sulfonamides is 2. The monoisotopic (exact) mass is 836 g/mol. The lowest BCUT2D eigenvalue weighted by Crippen LogP contribution is -2.50. The summed E-state index contributed by atoms with van der Waals surface area (Å²) in [4.78, 5) is 18.1. The van der Waals surface area contributed by atoms with Gasteiger partial charge in [0.05, 0.1) is 9.23 Å². The Hall–Kier alpha value is -2.37. The topological polar surface area (TPSA) is 98.3 Å². The highest BCUT2D eigenvalue weighted by atomic mass is 35.5. The van der Waals surface area contributed by atoms with Crippen LogP contribution < -0.4 is 0 Å². The third-order valence-electron chi connectivity index (χ3n) is 9.67. The average Bonchev–Trinajstić information content (AvgIpc) is 3.94. The zero-order chi connectivity index (χ0) is 36.5. The van der Waals surface area contributed by atoms with Gasteiger partial charge in [0.2, 0.25) is 15.9 Å². The van der Waals surface area contributed by atoms with E-state index in [-0.39, 0.29) is 29.1 Å². The van der Waals surface area contributed by atoms with Crippen molar-refractivity contribution >= 4 is 93.9 Å². The molecule has 2 saturated heterocycles. The molecule has 9 nitrogen and oxygen atoms in total. The Morgan fingerprint density at radius 1 is 0.750 bits per heavy atom. The highest BCUT2D eigenvalue weighted by molar-refractivity contribution is 7.91. The zero-order valence-electron chi connectivity index (χ0n) is 28.2. The van der Waals surface area contributed by atoms with Crippen LogP contribution in [-0.4, -0.2) is 99.4 Å². The summed E-state index contributed by atoms with van der Waals surface area (Å²) < 4.78 is 59.2. The number of piperazine rings is 2. The summed E-state index contributed by atoms with van der Waals surface area (Å²) in [5.74, 6) is -0.307. The average molecular weight is 838 g/mol. The molecule has 0 aliphatic carbocycles. The van der Waals surface area contributed by atoms with Gasteiger partial charge < -0.3 is 4.90 Å². The van der Waals surface area contributed by atoms with Crippen LogP contribution in [0.25, 0.3) is 10.8 Å². The van der Waals surface area contributed by atoms with Gasteiger partial charge in [-0.05, 0) is 94.6 Å². The molecule has 2 fully saturated rings. The lowest BCUT2D eigenvalue weighted by molar-refractivity contribution is -0.129. The summed E-state index contributed by atoms with van der Waals surface area (Å²) in [6.07, 6.45) is 2.42. The molecule has 0 bridgehead atoms. The molecule has 16 heteroatoms. The number of hydrogen-bond donors (Lipinski definition) is 0. The SMILES string of the molecule is O=C(CCl)N1CCN(S(=O)(=O)c2ccc(CN3CCN(S(=O)(=O)c4cccc5cc(CCc6ccc(Cl)s6)c(Cc6ccsc6)cc45)CC3)s2)CC1. The number of halogens is 2. The van der Waals surface area contributed by atoms with Crippen LogP contribution in [0.4, 0.5) is 0 Å². The Labute approximate surface area is 327 Å². The van der Waals surface area contributed by atoms with Crippen molar-refractivity contribution in [2.24, 2.45) is 0 Å². The van der Waals surface area contributed by atoms with E-state index in [9.17, 15) is 21.6 Å². The van der Waals surface area contributed by atoms with E-state index in [1.807, 2.05) is 24.3 Å². The molecule has 276 valence electrons. The molecule has 7 rings (SSSR count). The first kappa shape index (κ1) is 37.9. The predicted octanol–water partition coefficient (Wildman–Crippen LogP) is 6.63. The fourth-order valence-electron chi connectivity index (χ4n) is 6.83. The van der Waals surface area contributed by atoms with E-state index in [0.29, 0.717) is 50.7 Å². The second-order valence-electron chi connectivity index (χ2n) is 12.9. The van der Waals surface area contributed by atoms with Crippen LogP contribution in [0.5, 0.6) is 0 Å². The molecule has 2 aliphatic rings. The maximum atomic E-state index is 14.2. The summed E-state index contributed by atoms with van der Waals surface area (Å²) in [6, 6.07) is 19.4. The van der Waals surface area contributed by atoms with E-state index >= 15 is 0 Å². The van der Waals surface area contributed by atoms with E-state index in [4.69, 9.17) is 23.2 Å². The Bertz CT molecular complexity index is 2260. The van der Waals surface area contributed by atoms with Gasteiger partial charge in [-0.25, -0.2) is 16.8 Å². The highest BCUT2D eigenvalue weighted by Crippen LogP contribution is 2.33. The summed E-state index contributed by atoms with van der Waals surface area (Å²) in [7, 11) is -7.47. The molecule has 0 spiro atoms. The summed E-state index contributed by atoms with van der Waals surface area (Å²) in [5.41, 5.74) is 3.54. The highest BCUT2D eigenvalue weighted by Gasteiger charge is 2.33. The summed E-state index contributed by atoms with van der Waals surface area (Å²) in [5, 5.41) is 5.84. The molecule has 52 heavy (non-hydrogen) atoms. The van der Waals surface area contributed by atoms with Gasteiger partial charge >= 0.3 is 0 Å². The minimum absolute atomic E-state index is 0.115. The van der Waals surface area contributed by atoms with Crippen LogP contribution in [0, 0.1) is 0 Å². The largest absolute Gasteiger partial charge is 0.339 e. The molecule has 0 saturated carbocycles. The van der Waals surface area contributed by atoms with Gasteiger partial charge in [0.25, 0.3) is 10.0 Å². The summed E-state index contributed by atoms with van der Waals surface area (Å²) in [6.45, 7) is 3.36. The molecular weight excluding hydrogens is 800 g/mol.